The Labute approximate surface area is 142 Å². The number of likely N-dealkylation sites (tertiary alicyclic amines) is 1. The highest BCUT2D eigenvalue weighted by Gasteiger charge is 2.24. The van der Waals surface area contributed by atoms with Crippen molar-refractivity contribution < 1.29 is 9.53 Å². The molecule has 1 saturated heterocycles. The normalized spacial score (nSPS) is 19.9. The lowest BCUT2D eigenvalue weighted by Gasteiger charge is -2.24. The third-order valence-corrected chi connectivity index (χ3v) is 5.14. The van der Waals surface area contributed by atoms with Crippen LogP contribution in [-0.4, -0.2) is 75.9 Å². The summed E-state index contributed by atoms with van der Waals surface area (Å²) in [6.45, 7) is 4.20. The van der Waals surface area contributed by atoms with E-state index in [1.807, 2.05) is 20.2 Å². The van der Waals surface area contributed by atoms with E-state index in [1.165, 1.54) is 4.88 Å². The zero-order valence-corrected chi connectivity index (χ0v) is 15.1. The van der Waals surface area contributed by atoms with Gasteiger partial charge >= 0.3 is 6.03 Å². The lowest BCUT2D eigenvalue weighted by Crippen LogP contribution is -2.45. The van der Waals surface area contributed by atoms with Crippen LogP contribution in [0.15, 0.2) is 17.5 Å². The first-order valence-corrected chi connectivity index (χ1v) is 8.93. The second-order valence-electron chi connectivity index (χ2n) is 6.13. The molecule has 0 radical (unpaired) electrons. The van der Waals surface area contributed by atoms with Gasteiger partial charge in [0, 0.05) is 44.2 Å². The molecule has 130 valence electrons. The second-order valence-corrected chi connectivity index (χ2v) is 7.11. The maximum atomic E-state index is 12.1. The summed E-state index contributed by atoms with van der Waals surface area (Å²) in [6, 6.07) is 4.52. The molecule has 1 aromatic heterocycles. The molecular weight excluding hydrogens is 312 g/mol. The zero-order valence-electron chi connectivity index (χ0n) is 14.2. The number of carbonyl (C=O) groups excluding carboxylic acids is 1. The standard InChI is InChI=1S/C16H28N4O2S/c1-19(2)14(15-5-4-10-23-15)11-17-16(21)18-13-6-7-20(12-13)8-9-22-3/h4-5,10,13-14H,6-9,11-12H2,1-3H3,(H2,17,18,21)/t13-,14+/m0/s1. The van der Waals surface area contributed by atoms with Crippen LogP contribution in [0.4, 0.5) is 4.79 Å². The van der Waals surface area contributed by atoms with Crippen molar-refractivity contribution in [2.24, 2.45) is 0 Å². The third-order valence-electron chi connectivity index (χ3n) is 4.17. The molecule has 1 aliphatic heterocycles. The van der Waals surface area contributed by atoms with Gasteiger partial charge in [0.25, 0.3) is 0 Å². The van der Waals surface area contributed by atoms with Crippen molar-refractivity contribution in [1.82, 2.24) is 20.4 Å². The summed E-state index contributed by atoms with van der Waals surface area (Å²) in [5.74, 6) is 0. The van der Waals surface area contributed by atoms with Crippen LogP contribution in [0, 0.1) is 0 Å². The number of rotatable bonds is 8. The Bertz CT molecular complexity index is 467. The highest BCUT2D eigenvalue weighted by atomic mass is 32.1. The molecule has 0 bridgehead atoms. The van der Waals surface area contributed by atoms with E-state index in [2.05, 4.69) is 31.9 Å². The van der Waals surface area contributed by atoms with E-state index in [4.69, 9.17) is 4.74 Å². The number of amides is 2. The molecule has 1 fully saturated rings. The topological polar surface area (TPSA) is 56.8 Å². The average Bonchev–Trinajstić information content (AvgIpc) is 3.17. The number of nitrogens with one attached hydrogen (secondary N) is 2. The van der Waals surface area contributed by atoms with E-state index in [-0.39, 0.29) is 18.1 Å². The van der Waals surface area contributed by atoms with Crippen molar-refractivity contribution in [3.63, 3.8) is 0 Å². The van der Waals surface area contributed by atoms with Gasteiger partial charge in [0.2, 0.25) is 0 Å². The van der Waals surface area contributed by atoms with Crippen LogP contribution >= 0.6 is 11.3 Å². The molecule has 0 saturated carbocycles. The number of thiophene rings is 1. The van der Waals surface area contributed by atoms with Gasteiger partial charge in [-0.1, -0.05) is 6.07 Å². The maximum Gasteiger partial charge on any atom is 0.315 e. The van der Waals surface area contributed by atoms with Gasteiger partial charge in [0.15, 0.2) is 0 Å². The zero-order chi connectivity index (χ0) is 16.7. The first-order valence-electron chi connectivity index (χ1n) is 8.05. The van der Waals surface area contributed by atoms with Gasteiger partial charge in [-0.2, -0.15) is 0 Å². The minimum Gasteiger partial charge on any atom is -0.383 e. The van der Waals surface area contributed by atoms with Crippen molar-refractivity contribution in [3.8, 4) is 0 Å². The summed E-state index contributed by atoms with van der Waals surface area (Å²) in [5.41, 5.74) is 0. The smallest absolute Gasteiger partial charge is 0.315 e. The van der Waals surface area contributed by atoms with Crippen molar-refractivity contribution in [1.29, 1.82) is 0 Å². The molecule has 2 heterocycles. The Morgan fingerprint density at radius 2 is 2.39 bits per heavy atom. The molecule has 2 N–H and O–H groups in total. The van der Waals surface area contributed by atoms with E-state index in [9.17, 15) is 4.79 Å². The number of hydrogen-bond acceptors (Lipinski definition) is 5. The summed E-state index contributed by atoms with van der Waals surface area (Å²) < 4.78 is 5.10. The fourth-order valence-electron chi connectivity index (χ4n) is 2.82. The van der Waals surface area contributed by atoms with Crippen molar-refractivity contribution in [3.05, 3.63) is 22.4 Å². The minimum absolute atomic E-state index is 0.0769. The lowest BCUT2D eigenvalue weighted by atomic mass is 10.2. The number of carbonyl (C=O) groups is 1. The molecule has 0 aromatic carbocycles. The van der Waals surface area contributed by atoms with Crippen molar-refractivity contribution >= 4 is 17.4 Å². The van der Waals surface area contributed by atoms with Crippen molar-refractivity contribution in [2.45, 2.75) is 18.5 Å². The number of likely N-dealkylation sites (N-methyl/N-ethyl adjacent to an activating group) is 1. The summed E-state index contributed by atoms with van der Waals surface area (Å²) >= 11 is 1.72. The molecular formula is C16H28N4O2S. The molecule has 2 rings (SSSR count). The first-order chi connectivity index (χ1) is 11.1. The maximum absolute atomic E-state index is 12.1. The van der Waals surface area contributed by atoms with Gasteiger partial charge in [0.05, 0.1) is 12.6 Å². The summed E-state index contributed by atoms with van der Waals surface area (Å²) in [6.07, 6.45) is 0.999. The van der Waals surface area contributed by atoms with Gasteiger partial charge in [-0.3, -0.25) is 4.90 Å². The lowest BCUT2D eigenvalue weighted by molar-refractivity contribution is 0.159. The Balaban J connectivity index is 1.72. The fraction of sp³-hybridized carbons (Fsp3) is 0.688. The summed E-state index contributed by atoms with van der Waals surface area (Å²) in [5, 5.41) is 8.15. The van der Waals surface area contributed by atoms with E-state index in [0.717, 1.165) is 32.7 Å². The number of nitrogens with zero attached hydrogens (tertiary/aromatic N) is 2. The largest absolute Gasteiger partial charge is 0.383 e. The summed E-state index contributed by atoms with van der Waals surface area (Å²) in [4.78, 5) is 17.9. The molecule has 7 heteroatoms. The average molecular weight is 340 g/mol. The van der Waals surface area contributed by atoms with Gasteiger partial charge in [-0.25, -0.2) is 4.79 Å². The second kappa shape index (κ2) is 9.22. The minimum atomic E-state index is -0.0769. The highest BCUT2D eigenvalue weighted by Crippen LogP contribution is 2.22. The van der Waals surface area contributed by atoms with Gasteiger partial charge < -0.3 is 20.3 Å². The van der Waals surface area contributed by atoms with Crippen LogP contribution in [0.25, 0.3) is 0 Å². The van der Waals surface area contributed by atoms with Crippen LogP contribution in [-0.2, 0) is 4.74 Å². The van der Waals surface area contributed by atoms with Gasteiger partial charge in [0.1, 0.15) is 0 Å². The Hall–Kier alpha value is -1.15. The molecule has 0 unspecified atom stereocenters. The third kappa shape index (κ3) is 5.76. The Morgan fingerprint density at radius 3 is 3.04 bits per heavy atom. The predicted molar refractivity (Wildman–Crippen MR) is 94.0 cm³/mol. The number of methoxy groups -OCH3 is 1. The Morgan fingerprint density at radius 1 is 1.57 bits per heavy atom. The van der Waals surface area contributed by atoms with E-state index in [0.29, 0.717) is 6.54 Å². The number of hydrogen-bond donors (Lipinski definition) is 2. The highest BCUT2D eigenvalue weighted by molar-refractivity contribution is 7.10. The van der Waals surface area contributed by atoms with Crippen LogP contribution in [0.3, 0.4) is 0 Å². The van der Waals surface area contributed by atoms with Crippen LogP contribution < -0.4 is 10.6 Å². The van der Waals surface area contributed by atoms with E-state index in [1.54, 1.807) is 18.4 Å². The monoisotopic (exact) mass is 340 g/mol. The van der Waals surface area contributed by atoms with Gasteiger partial charge in [-0.05, 0) is 32.0 Å². The molecule has 1 aliphatic rings. The molecule has 0 spiro atoms. The van der Waals surface area contributed by atoms with Crippen LogP contribution in [0.2, 0.25) is 0 Å². The quantitative estimate of drug-likeness (QED) is 0.750. The Kier molecular flexibility index (Phi) is 7.29. The fourth-order valence-corrected chi connectivity index (χ4v) is 3.74. The van der Waals surface area contributed by atoms with E-state index < -0.39 is 0 Å². The van der Waals surface area contributed by atoms with Crippen LogP contribution in [0.5, 0.6) is 0 Å². The SMILES string of the molecule is COCCN1CC[C@H](NC(=O)NC[C@H](c2cccs2)N(C)C)C1. The molecule has 2 amide bonds. The molecule has 6 nitrogen and oxygen atoms in total. The molecule has 1 aromatic rings. The first kappa shape index (κ1) is 18.2. The molecule has 0 aliphatic carbocycles. The summed E-state index contributed by atoms with van der Waals surface area (Å²) in [7, 11) is 5.79. The molecule has 2 atom stereocenters. The van der Waals surface area contributed by atoms with Crippen LogP contribution in [0.1, 0.15) is 17.3 Å². The number of ether oxygens (including phenoxy) is 1. The predicted octanol–water partition coefficient (Wildman–Crippen LogP) is 1.37. The number of urea groups is 1. The van der Waals surface area contributed by atoms with E-state index >= 15 is 0 Å². The van der Waals surface area contributed by atoms with Crippen molar-refractivity contribution in [2.75, 3.05) is 54.0 Å². The van der Waals surface area contributed by atoms with Gasteiger partial charge in [-0.15, -0.1) is 11.3 Å². The molecule has 23 heavy (non-hydrogen) atoms.